The minimum atomic E-state index is -0.531. The molecule has 1 unspecified atom stereocenters. The summed E-state index contributed by atoms with van der Waals surface area (Å²) < 4.78 is 0. The second kappa shape index (κ2) is 4.07. The zero-order chi connectivity index (χ0) is 11.8. The third kappa shape index (κ3) is 1.51. The molecule has 0 aromatic heterocycles. The van der Waals surface area contributed by atoms with Crippen LogP contribution in [0.4, 0.5) is 0 Å². The molecule has 2 aliphatic rings. The van der Waals surface area contributed by atoms with E-state index < -0.39 is 5.54 Å². The van der Waals surface area contributed by atoms with Crippen LogP contribution < -0.4 is 5.32 Å². The number of rotatable bonds is 1. The van der Waals surface area contributed by atoms with E-state index in [1.807, 2.05) is 6.92 Å². The van der Waals surface area contributed by atoms with Crippen molar-refractivity contribution in [2.45, 2.75) is 57.5 Å². The van der Waals surface area contributed by atoms with Gasteiger partial charge >= 0.3 is 0 Å². The Kier molecular flexibility index (Phi) is 2.91. The van der Waals surface area contributed by atoms with Crippen molar-refractivity contribution in [2.75, 3.05) is 6.54 Å². The molecule has 16 heavy (non-hydrogen) atoms. The molecule has 1 aliphatic carbocycles. The highest BCUT2D eigenvalue weighted by Crippen LogP contribution is 2.36. The summed E-state index contributed by atoms with van der Waals surface area (Å²) in [6.07, 6.45) is 4.92. The van der Waals surface area contributed by atoms with Crippen molar-refractivity contribution in [2.24, 2.45) is 0 Å². The number of nitrogens with one attached hydrogen (secondary N) is 1. The fourth-order valence-corrected chi connectivity index (χ4v) is 3.05. The minimum Gasteiger partial charge on any atom is -0.343 e. The largest absolute Gasteiger partial charge is 0.343 e. The number of hydrogen-bond donors (Lipinski definition) is 1. The van der Waals surface area contributed by atoms with Gasteiger partial charge in [0.05, 0.1) is 0 Å². The van der Waals surface area contributed by atoms with Crippen LogP contribution in [0.25, 0.3) is 0 Å². The summed E-state index contributed by atoms with van der Waals surface area (Å²) in [4.78, 5) is 26.1. The number of hydrogen-bond acceptors (Lipinski definition) is 2. The fourth-order valence-electron chi connectivity index (χ4n) is 3.05. The van der Waals surface area contributed by atoms with E-state index in [9.17, 15) is 9.59 Å². The van der Waals surface area contributed by atoms with Crippen LogP contribution in [0.5, 0.6) is 0 Å². The van der Waals surface area contributed by atoms with E-state index in [0.29, 0.717) is 6.54 Å². The van der Waals surface area contributed by atoms with E-state index >= 15 is 0 Å². The maximum absolute atomic E-state index is 12.2. The molecule has 0 aromatic rings. The molecule has 90 valence electrons. The van der Waals surface area contributed by atoms with Gasteiger partial charge in [0.25, 0.3) is 0 Å². The third-order valence-electron chi connectivity index (χ3n) is 3.92. The number of amides is 2. The van der Waals surface area contributed by atoms with Gasteiger partial charge in [0.1, 0.15) is 11.6 Å². The predicted molar refractivity (Wildman–Crippen MR) is 60.8 cm³/mol. The van der Waals surface area contributed by atoms with Crippen LogP contribution in [0.15, 0.2) is 0 Å². The van der Waals surface area contributed by atoms with E-state index in [1.54, 1.807) is 11.8 Å². The molecule has 1 atom stereocenters. The Morgan fingerprint density at radius 2 is 1.94 bits per heavy atom. The lowest BCUT2D eigenvalue weighted by Crippen LogP contribution is -2.70. The molecule has 4 nitrogen and oxygen atoms in total. The first-order chi connectivity index (χ1) is 7.62. The van der Waals surface area contributed by atoms with Gasteiger partial charge in [0.2, 0.25) is 11.8 Å². The number of carbonyl (C=O) groups is 2. The molecule has 2 fully saturated rings. The number of likely N-dealkylation sites (N-methyl/N-ethyl adjacent to an activating group) is 1. The molecule has 2 amide bonds. The molecule has 1 heterocycles. The summed E-state index contributed by atoms with van der Waals surface area (Å²) >= 11 is 0. The second-order valence-corrected chi connectivity index (χ2v) is 4.87. The Morgan fingerprint density at radius 3 is 2.50 bits per heavy atom. The predicted octanol–water partition coefficient (Wildman–Crippen LogP) is 1.06. The highest BCUT2D eigenvalue weighted by Gasteiger charge is 2.50. The Labute approximate surface area is 96.4 Å². The fraction of sp³-hybridized carbons (Fsp3) is 0.833. The molecule has 4 heteroatoms. The van der Waals surface area contributed by atoms with Gasteiger partial charge in [-0.2, -0.15) is 0 Å². The quantitative estimate of drug-likeness (QED) is 0.724. The first-order valence-electron chi connectivity index (χ1n) is 6.24. The Hall–Kier alpha value is -1.06. The molecule has 1 aliphatic heterocycles. The maximum atomic E-state index is 12.2. The molecule has 2 rings (SSSR count). The van der Waals surface area contributed by atoms with Gasteiger partial charge in [0, 0.05) is 6.54 Å². The summed E-state index contributed by atoms with van der Waals surface area (Å²) in [5, 5.41) is 2.82. The molecular weight excluding hydrogens is 204 g/mol. The Bertz CT molecular complexity index is 308. The van der Waals surface area contributed by atoms with E-state index in [4.69, 9.17) is 0 Å². The van der Waals surface area contributed by atoms with Gasteiger partial charge in [-0.25, -0.2) is 0 Å². The molecule has 0 radical (unpaired) electrons. The molecule has 0 aromatic carbocycles. The zero-order valence-corrected chi connectivity index (χ0v) is 10.1. The molecule has 0 bridgehead atoms. The van der Waals surface area contributed by atoms with Crippen molar-refractivity contribution in [1.82, 2.24) is 10.2 Å². The average Bonchev–Trinajstić information content (AvgIpc) is 2.29. The first kappa shape index (κ1) is 11.4. The lowest BCUT2D eigenvalue weighted by molar-refractivity contribution is -0.159. The van der Waals surface area contributed by atoms with Crippen LogP contribution in [0.2, 0.25) is 0 Å². The SMILES string of the molecule is CCN1C(=O)C(C)NC(=O)C12CCCCC2. The zero-order valence-electron chi connectivity index (χ0n) is 10.1. The van der Waals surface area contributed by atoms with Crippen LogP contribution in [0, 0.1) is 0 Å². The van der Waals surface area contributed by atoms with Crippen LogP contribution >= 0.6 is 0 Å². The maximum Gasteiger partial charge on any atom is 0.246 e. The summed E-state index contributed by atoms with van der Waals surface area (Å²) in [7, 11) is 0. The van der Waals surface area contributed by atoms with Crippen molar-refractivity contribution in [1.29, 1.82) is 0 Å². The van der Waals surface area contributed by atoms with Gasteiger partial charge < -0.3 is 10.2 Å². The summed E-state index contributed by atoms with van der Waals surface area (Å²) in [5.41, 5.74) is -0.531. The molecule has 1 saturated carbocycles. The normalized spacial score (nSPS) is 29.4. The third-order valence-corrected chi connectivity index (χ3v) is 3.92. The van der Waals surface area contributed by atoms with Gasteiger partial charge in [-0.05, 0) is 26.7 Å². The van der Waals surface area contributed by atoms with Crippen LogP contribution in [0.3, 0.4) is 0 Å². The molecule has 1 N–H and O–H groups in total. The van der Waals surface area contributed by atoms with Crippen molar-refractivity contribution < 1.29 is 9.59 Å². The van der Waals surface area contributed by atoms with Crippen molar-refractivity contribution in [3.8, 4) is 0 Å². The monoisotopic (exact) mass is 224 g/mol. The van der Waals surface area contributed by atoms with Crippen molar-refractivity contribution in [3.05, 3.63) is 0 Å². The summed E-state index contributed by atoms with van der Waals surface area (Å²) in [6, 6.07) is -0.361. The highest BCUT2D eigenvalue weighted by atomic mass is 16.2. The smallest absolute Gasteiger partial charge is 0.246 e. The lowest BCUT2D eigenvalue weighted by atomic mass is 9.77. The van der Waals surface area contributed by atoms with Crippen LogP contribution in [-0.4, -0.2) is 34.8 Å². The number of piperazine rings is 1. The Morgan fingerprint density at radius 1 is 1.31 bits per heavy atom. The van der Waals surface area contributed by atoms with Crippen molar-refractivity contribution >= 4 is 11.8 Å². The van der Waals surface area contributed by atoms with E-state index in [0.717, 1.165) is 25.7 Å². The van der Waals surface area contributed by atoms with E-state index in [2.05, 4.69) is 5.32 Å². The van der Waals surface area contributed by atoms with Gasteiger partial charge in [-0.15, -0.1) is 0 Å². The van der Waals surface area contributed by atoms with Gasteiger partial charge in [-0.3, -0.25) is 9.59 Å². The van der Waals surface area contributed by atoms with E-state index in [1.165, 1.54) is 6.42 Å². The average molecular weight is 224 g/mol. The van der Waals surface area contributed by atoms with Crippen molar-refractivity contribution in [3.63, 3.8) is 0 Å². The first-order valence-corrected chi connectivity index (χ1v) is 6.24. The molecular formula is C12H20N2O2. The standard InChI is InChI=1S/C12H20N2O2/c1-3-14-10(15)9(2)13-11(16)12(14)7-5-4-6-8-12/h9H,3-8H2,1-2H3,(H,13,16). The second-order valence-electron chi connectivity index (χ2n) is 4.87. The Balaban J connectivity index is 2.32. The minimum absolute atomic E-state index is 0.0566. The van der Waals surface area contributed by atoms with E-state index in [-0.39, 0.29) is 17.9 Å². The topological polar surface area (TPSA) is 49.4 Å². The van der Waals surface area contributed by atoms with Crippen LogP contribution in [0.1, 0.15) is 46.0 Å². The van der Waals surface area contributed by atoms with Crippen LogP contribution in [-0.2, 0) is 9.59 Å². The summed E-state index contributed by atoms with van der Waals surface area (Å²) in [6.45, 7) is 4.36. The highest BCUT2D eigenvalue weighted by molar-refractivity contribution is 5.99. The number of carbonyl (C=O) groups excluding carboxylic acids is 2. The molecule has 1 saturated heterocycles. The summed E-state index contributed by atoms with van der Waals surface area (Å²) in [5.74, 6) is 0.130. The lowest BCUT2D eigenvalue weighted by Gasteiger charge is -2.49. The number of nitrogens with zero attached hydrogens (tertiary/aromatic N) is 1. The van der Waals surface area contributed by atoms with Gasteiger partial charge in [-0.1, -0.05) is 19.3 Å². The van der Waals surface area contributed by atoms with Gasteiger partial charge in [0.15, 0.2) is 0 Å². The molecule has 1 spiro atoms.